The van der Waals surface area contributed by atoms with Gasteiger partial charge in [-0.25, -0.2) is 0 Å². The molecule has 0 saturated carbocycles. The zero-order valence-corrected chi connectivity index (χ0v) is 6.99. The molecule has 1 aliphatic carbocycles. The fraction of sp³-hybridized carbons (Fsp3) is 0.375. The topological polar surface area (TPSA) is 15.6 Å². The molecule has 11 heavy (non-hydrogen) atoms. The van der Waals surface area contributed by atoms with E-state index in [0.29, 0.717) is 6.04 Å². The standard InChI is InChI=1S/C8H9ClN2/c1-11-5-10-7-3-2-6(9)4-8(7)11/h2-5,7-8H,1H3. The third kappa shape index (κ3) is 1.07. The maximum Gasteiger partial charge on any atom is 0.0940 e. The van der Waals surface area contributed by atoms with E-state index in [1.54, 1.807) is 0 Å². The Balaban J connectivity index is 2.27. The van der Waals surface area contributed by atoms with Crippen molar-refractivity contribution < 1.29 is 0 Å². The van der Waals surface area contributed by atoms with E-state index in [2.05, 4.69) is 9.89 Å². The number of hydrogen-bond donors (Lipinski definition) is 0. The lowest BCUT2D eigenvalue weighted by Gasteiger charge is -2.21. The first-order chi connectivity index (χ1) is 5.27. The fourth-order valence-corrected chi connectivity index (χ4v) is 1.58. The second-order valence-electron chi connectivity index (χ2n) is 2.82. The van der Waals surface area contributed by atoms with Crippen molar-refractivity contribution in [2.24, 2.45) is 4.99 Å². The Bertz CT molecular complexity index is 255. The molecule has 0 amide bonds. The van der Waals surface area contributed by atoms with Crippen LogP contribution in [0.15, 0.2) is 28.3 Å². The number of aliphatic imine (C=N–C) groups is 1. The van der Waals surface area contributed by atoms with Crippen molar-refractivity contribution in [1.29, 1.82) is 0 Å². The predicted octanol–water partition coefficient (Wildman–Crippen LogP) is 1.39. The van der Waals surface area contributed by atoms with Gasteiger partial charge in [-0.2, -0.15) is 0 Å². The quantitative estimate of drug-likeness (QED) is 0.534. The van der Waals surface area contributed by atoms with Crippen LogP contribution in [0.4, 0.5) is 0 Å². The van der Waals surface area contributed by atoms with Gasteiger partial charge in [-0.15, -0.1) is 0 Å². The van der Waals surface area contributed by atoms with Gasteiger partial charge in [0.05, 0.1) is 18.4 Å². The number of likely N-dealkylation sites (N-methyl/N-ethyl adjacent to an activating group) is 1. The molecule has 2 rings (SSSR count). The van der Waals surface area contributed by atoms with Gasteiger partial charge in [-0.1, -0.05) is 17.7 Å². The van der Waals surface area contributed by atoms with Crippen LogP contribution in [0.1, 0.15) is 0 Å². The normalized spacial score (nSPS) is 34.0. The van der Waals surface area contributed by atoms with E-state index in [1.165, 1.54) is 0 Å². The average Bonchev–Trinajstić information content (AvgIpc) is 2.33. The molecule has 0 aromatic rings. The van der Waals surface area contributed by atoms with E-state index in [9.17, 15) is 0 Å². The summed E-state index contributed by atoms with van der Waals surface area (Å²) in [5.41, 5.74) is 0. The first kappa shape index (κ1) is 6.92. The lowest BCUT2D eigenvalue weighted by atomic mass is 10.0. The molecule has 58 valence electrons. The Kier molecular flexibility index (Phi) is 1.50. The van der Waals surface area contributed by atoms with Gasteiger partial charge in [0.2, 0.25) is 0 Å². The Morgan fingerprint density at radius 3 is 3.27 bits per heavy atom. The zero-order chi connectivity index (χ0) is 7.84. The summed E-state index contributed by atoms with van der Waals surface area (Å²) in [7, 11) is 2.01. The van der Waals surface area contributed by atoms with Crippen LogP contribution in [0.5, 0.6) is 0 Å². The second kappa shape index (κ2) is 2.38. The van der Waals surface area contributed by atoms with Gasteiger partial charge < -0.3 is 4.90 Å². The Morgan fingerprint density at radius 1 is 1.64 bits per heavy atom. The predicted molar refractivity (Wildman–Crippen MR) is 46.9 cm³/mol. The highest BCUT2D eigenvalue weighted by Crippen LogP contribution is 2.22. The maximum absolute atomic E-state index is 5.84. The van der Waals surface area contributed by atoms with Gasteiger partial charge in [0, 0.05) is 12.1 Å². The Labute approximate surface area is 70.9 Å². The molecule has 2 unspecified atom stereocenters. The van der Waals surface area contributed by atoms with E-state index < -0.39 is 0 Å². The van der Waals surface area contributed by atoms with Crippen LogP contribution in [0.3, 0.4) is 0 Å². The lowest BCUT2D eigenvalue weighted by molar-refractivity contribution is 0.444. The molecule has 0 aromatic carbocycles. The summed E-state index contributed by atoms with van der Waals surface area (Å²) >= 11 is 5.84. The average molecular weight is 169 g/mol. The number of halogens is 1. The molecule has 0 radical (unpaired) electrons. The van der Waals surface area contributed by atoms with Crippen molar-refractivity contribution in [3.63, 3.8) is 0 Å². The maximum atomic E-state index is 5.84. The zero-order valence-electron chi connectivity index (χ0n) is 6.24. The summed E-state index contributed by atoms with van der Waals surface area (Å²) in [5.74, 6) is 0. The van der Waals surface area contributed by atoms with E-state index >= 15 is 0 Å². The number of allylic oxidation sites excluding steroid dienone is 2. The van der Waals surface area contributed by atoms with E-state index in [-0.39, 0.29) is 6.04 Å². The third-order valence-electron chi connectivity index (χ3n) is 2.02. The molecule has 0 bridgehead atoms. The van der Waals surface area contributed by atoms with Crippen LogP contribution in [0, 0.1) is 0 Å². The minimum absolute atomic E-state index is 0.280. The van der Waals surface area contributed by atoms with Crippen LogP contribution in [0.2, 0.25) is 0 Å². The van der Waals surface area contributed by atoms with Crippen molar-refractivity contribution in [3.8, 4) is 0 Å². The highest BCUT2D eigenvalue weighted by molar-refractivity contribution is 6.31. The lowest BCUT2D eigenvalue weighted by Crippen LogP contribution is -2.31. The highest BCUT2D eigenvalue weighted by Gasteiger charge is 2.26. The summed E-state index contributed by atoms with van der Waals surface area (Å²) in [6.07, 6.45) is 7.82. The molecule has 2 atom stereocenters. The number of rotatable bonds is 0. The SMILES string of the molecule is CN1C=NC2C=CC(Cl)=CC21. The summed E-state index contributed by atoms with van der Waals surface area (Å²) in [6, 6.07) is 0.620. The first-order valence-corrected chi connectivity index (χ1v) is 3.96. The Morgan fingerprint density at radius 2 is 2.45 bits per heavy atom. The van der Waals surface area contributed by atoms with Crippen molar-refractivity contribution >= 4 is 17.9 Å². The van der Waals surface area contributed by atoms with Gasteiger partial charge in [0.15, 0.2) is 0 Å². The molecule has 0 aromatic heterocycles. The van der Waals surface area contributed by atoms with Crippen molar-refractivity contribution in [3.05, 3.63) is 23.3 Å². The molecular formula is C8H9ClN2. The van der Waals surface area contributed by atoms with Gasteiger partial charge in [-0.05, 0) is 12.2 Å². The van der Waals surface area contributed by atoms with Gasteiger partial charge >= 0.3 is 0 Å². The highest BCUT2D eigenvalue weighted by atomic mass is 35.5. The summed E-state index contributed by atoms with van der Waals surface area (Å²) in [5, 5.41) is 0.809. The molecule has 1 heterocycles. The smallest absolute Gasteiger partial charge is 0.0940 e. The van der Waals surface area contributed by atoms with Crippen molar-refractivity contribution in [2.45, 2.75) is 12.1 Å². The summed E-state index contributed by atoms with van der Waals surface area (Å²) in [6.45, 7) is 0. The number of hydrogen-bond acceptors (Lipinski definition) is 2. The second-order valence-corrected chi connectivity index (χ2v) is 3.26. The van der Waals surface area contributed by atoms with Crippen molar-refractivity contribution in [2.75, 3.05) is 7.05 Å². The van der Waals surface area contributed by atoms with Crippen LogP contribution in [-0.2, 0) is 0 Å². The van der Waals surface area contributed by atoms with E-state index in [4.69, 9.17) is 11.6 Å². The van der Waals surface area contributed by atoms with Crippen LogP contribution >= 0.6 is 11.6 Å². The minimum atomic E-state index is 0.280. The molecule has 0 N–H and O–H groups in total. The van der Waals surface area contributed by atoms with E-state index in [1.807, 2.05) is 31.6 Å². The largest absolute Gasteiger partial charge is 0.357 e. The van der Waals surface area contributed by atoms with Crippen molar-refractivity contribution in [1.82, 2.24) is 4.90 Å². The van der Waals surface area contributed by atoms with Gasteiger partial charge in [0.25, 0.3) is 0 Å². The third-order valence-corrected chi connectivity index (χ3v) is 2.28. The molecule has 0 fully saturated rings. The molecule has 0 saturated heterocycles. The molecule has 2 nitrogen and oxygen atoms in total. The summed E-state index contributed by atoms with van der Waals surface area (Å²) in [4.78, 5) is 6.35. The van der Waals surface area contributed by atoms with Crippen LogP contribution < -0.4 is 0 Å². The number of fused-ring (bicyclic) bond motifs is 1. The molecule has 1 aliphatic heterocycles. The van der Waals surface area contributed by atoms with Crippen LogP contribution in [-0.4, -0.2) is 30.4 Å². The molecule has 0 spiro atoms. The number of nitrogens with zero attached hydrogens (tertiary/aromatic N) is 2. The van der Waals surface area contributed by atoms with Gasteiger partial charge in [0.1, 0.15) is 0 Å². The fourth-order valence-electron chi connectivity index (χ4n) is 1.38. The minimum Gasteiger partial charge on any atom is -0.357 e. The first-order valence-electron chi connectivity index (χ1n) is 3.58. The van der Waals surface area contributed by atoms with Gasteiger partial charge in [-0.3, -0.25) is 4.99 Å². The molecule has 2 aliphatic rings. The Hall–Kier alpha value is -0.760. The van der Waals surface area contributed by atoms with E-state index in [0.717, 1.165) is 5.03 Å². The molecular weight excluding hydrogens is 160 g/mol. The van der Waals surface area contributed by atoms with Crippen LogP contribution in [0.25, 0.3) is 0 Å². The molecule has 3 heteroatoms. The monoisotopic (exact) mass is 168 g/mol. The summed E-state index contributed by atoms with van der Waals surface area (Å²) < 4.78 is 0.